The van der Waals surface area contributed by atoms with Crippen molar-refractivity contribution in [2.24, 2.45) is 20.5 Å². The van der Waals surface area contributed by atoms with Gasteiger partial charge in [-0.3, -0.25) is 9.11 Å². The van der Waals surface area contributed by atoms with Gasteiger partial charge in [0, 0.05) is 28.9 Å². The van der Waals surface area contributed by atoms with Gasteiger partial charge in [0.1, 0.15) is 38.4 Å². The van der Waals surface area contributed by atoms with Crippen molar-refractivity contribution in [3.05, 3.63) is 90.5 Å². The molecule has 0 fully saturated rings. The molecular formula is C31H27N5O9S2. The number of azo groups is 2. The topological polar surface area (TPSA) is 209 Å². The van der Waals surface area contributed by atoms with Gasteiger partial charge in [-0.1, -0.05) is 18.2 Å². The Labute approximate surface area is 269 Å². The number of rotatable bonds is 10. The Bertz CT molecular complexity index is 2280. The number of ether oxygens (including phenoxy) is 2. The molecule has 0 saturated carbocycles. The van der Waals surface area contributed by atoms with Crippen LogP contribution < -0.4 is 14.8 Å². The number of nitrogens with one attached hydrogen (secondary N) is 1. The molecule has 5 rings (SSSR count). The minimum atomic E-state index is -4.87. The minimum absolute atomic E-state index is 0.107. The Morgan fingerprint density at radius 3 is 2.00 bits per heavy atom. The lowest BCUT2D eigenvalue weighted by Gasteiger charge is -2.12. The largest absolute Gasteiger partial charge is 0.505 e. The maximum atomic E-state index is 12.4. The summed E-state index contributed by atoms with van der Waals surface area (Å²) in [4.78, 5) is -1.18. The van der Waals surface area contributed by atoms with Crippen LogP contribution in [-0.4, -0.2) is 45.3 Å². The van der Waals surface area contributed by atoms with Crippen LogP contribution in [0.15, 0.2) is 115 Å². The smallest absolute Gasteiger partial charge is 0.296 e. The van der Waals surface area contributed by atoms with E-state index in [0.29, 0.717) is 16.6 Å². The molecule has 16 heteroatoms. The second-order valence-electron chi connectivity index (χ2n) is 9.99. The van der Waals surface area contributed by atoms with E-state index in [1.165, 1.54) is 44.6 Å². The second-order valence-corrected chi connectivity index (χ2v) is 12.8. The number of hydrogen-bond donors (Lipinski definition) is 4. The molecule has 47 heavy (non-hydrogen) atoms. The number of aromatic hydroxyl groups is 1. The van der Waals surface area contributed by atoms with Crippen molar-refractivity contribution in [2.45, 2.75) is 16.7 Å². The molecule has 14 nitrogen and oxygen atoms in total. The van der Waals surface area contributed by atoms with E-state index in [1.807, 2.05) is 30.3 Å². The summed E-state index contributed by atoms with van der Waals surface area (Å²) in [6.07, 6.45) is 0. The Hall–Kier alpha value is -5.42. The summed E-state index contributed by atoms with van der Waals surface area (Å²) < 4.78 is 78.6. The lowest BCUT2D eigenvalue weighted by molar-refractivity contribution is 0.412. The SMILES string of the molecule is COc1ccc(N=Nc2cc(OC)c(N=Nc3c(S(=O)(=O)O)cc4cc(Nc5ccccc5)ccc4c3O)cc2C)c(S(=O)(=O)O)c1. The quantitative estimate of drug-likeness (QED) is 0.0828. The number of hydrogen-bond acceptors (Lipinski definition) is 12. The standard InChI is InChI=1S/C31H27N5O9S2/c1-18-13-26(27(45-3)17-25(18)34-33-24-12-10-22(44-2)16-28(24)46(38,39)40)35-36-30-29(47(41,42)43)15-19-14-21(9-11-23(19)31(30)37)32-20-7-5-4-6-8-20/h4-17,32,37H,1-3H3,(H,38,39,40)(H,41,42,43). The molecule has 0 heterocycles. The zero-order valence-corrected chi connectivity index (χ0v) is 26.6. The van der Waals surface area contributed by atoms with Gasteiger partial charge >= 0.3 is 0 Å². The lowest BCUT2D eigenvalue weighted by Crippen LogP contribution is -1.99. The monoisotopic (exact) mass is 677 g/mol. The fourth-order valence-corrected chi connectivity index (χ4v) is 5.84. The molecule has 0 bridgehead atoms. The van der Waals surface area contributed by atoms with Crippen LogP contribution in [0.3, 0.4) is 0 Å². The molecule has 5 aromatic carbocycles. The van der Waals surface area contributed by atoms with Crippen LogP contribution in [0.2, 0.25) is 0 Å². The van der Waals surface area contributed by atoms with Gasteiger partial charge in [-0.25, -0.2) is 0 Å². The van der Waals surface area contributed by atoms with E-state index < -0.39 is 41.5 Å². The predicted molar refractivity (Wildman–Crippen MR) is 174 cm³/mol. The highest BCUT2D eigenvalue weighted by atomic mass is 32.2. The molecule has 5 aromatic rings. The molecule has 0 unspecified atom stereocenters. The van der Waals surface area contributed by atoms with E-state index in [9.17, 15) is 31.0 Å². The zero-order chi connectivity index (χ0) is 33.9. The van der Waals surface area contributed by atoms with Crippen LogP contribution in [0, 0.1) is 6.92 Å². The van der Waals surface area contributed by atoms with Gasteiger partial charge in [0.05, 0.1) is 19.9 Å². The van der Waals surface area contributed by atoms with Crippen molar-refractivity contribution in [1.82, 2.24) is 0 Å². The molecule has 242 valence electrons. The van der Waals surface area contributed by atoms with Gasteiger partial charge < -0.3 is 19.9 Å². The van der Waals surface area contributed by atoms with Gasteiger partial charge in [0.25, 0.3) is 20.2 Å². The first-order chi connectivity index (χ1) is 22.3. The van der Waals surface area contributed by atoms with Crippen molar-refractivity contribution in [2.75, 3.05) is 19.5 Å². The first-order valence-corrected chi connectivity index (χ1v) is 16.4. The van der Waals surface area contributed by atoms with Crippen LogP contribution in [0.1, 0.15) is 5.56 Å². The molecule has 0 saturated heterocycles. The predicted octanol–water partition coefficient (Wildman–Crippen LogP) is 7.94. The minimum Gasteiger partial charge on any atom is -0.505 e. The van der Waals surface area contributed by atoms with Crippen LogP contribution >= 0.6 is 0 Å². The lowest BCUT2D eigenvalue weighted by atomic mass is 10.1. The molecular weight excluding hydrogens is 651 g/mol. The number of methoxy groups -OCH3 is 2. The normalized spacial score (nSPS) is 12.2. The summed E-state index contributed by atoms with van der Waals surface area (Å²) >= 11 is 0. The van der Waals surface area contributed by atoms with Crippen LogP contribution in [-0.2, 0) is 20.2 Å². The third-order valence-corrected chi connectivity index (χ3v) is 8.61. The molecule has 0 radical (unpaired) electrons. The van der Waals surface area contributed by atoms with Gasteiger partial charge in [-0.05, 0) is 72.5 Å². The molecule has 4 N–H and O–H groups in total. The third kappa shape index (κ3) is 7.36. The zero-order valence-electron chi connectivity index (χ0n) is 25.0. The van der Waals surface area contributed by atoms with Crippen molar-refractivity contribution < 1.29 is 40.5 Å². The average molecular weight is 678 g/mol. The van der Waals surface area contributed by atoms with E-state index in [2.05, 4.69) is 25.8 Å². The molecule has 0 aliphatic rings. The van der Waals surface area contributed by atoms with Gasteiger partial charge in [-0.15, -0.1) is 15.3 Å². The van der Waals surface area contributed by atoms with E-state index in [-0.39, 0.29) is 33.9 Å². The van der Waals surface area contributed by atoms with Crippen LogP contribution in [0.4, 0.5) is 34.1 Å². The fourth-order valence-electron chi connectivity index (χ4n) is 4.54. The molecule has 0 atom stereocenters. The fraction of sp³-hybridized carbons (Fsp3) is 0.0968. The Kier molecular flexibility index (Phi) is 9.21. The second kappa shape index (κ2) is 13.1. The summed E-state index contributed by atoms with van der Waals surface area (Å²) in [5.74, 6) is -0.229. The molecule has 0 aliphatic carbocycles. The molecule has 0 spiro atoms. The maximum Gasteiger partial charge on any atom is 0.296 e. The Balaban J connectivity index is 1.52. The van der Waals surface area contributed by atoms with E-state index >= 15 is 0 Å². The van der Waals surface area contributed by atoms with Crippen molar-refractivity contribution >= 4 is 65.1 Å². The maximum absolute atomic E-state index is 12.4. The van der Waals surface area contributed by atoms with Crippen LogP contribution in [0.5, 0.6) is 17.2 Å². The van der Waals surface area contributed by atoms with Crippen LogP contribution in [0.25, 0.3) is 10.8 Å². The summed E-state index contributed by atoms with van der Waals surface area (Å²) in [5.41, 5.74) is 1.57. The molecule has 0 amide bonds. The highest BCUT2D eigenvalue weighted by molar-refractivity contribution is 7.86. The number of nitrogens with zero attached hydrogens (tertiary/aromatic N) is 4. The molecule has 0 aromatic heterocycles. The highest BCUT2D eigenvalue weighted by Crippen LogP contribution is 2.44. The highest BCUT2D eigenvalue weighted by Gasteiger charge is 2.23. The number of benzene rings is 5. The third-order valence-electron chi connectivity index (χ3n) is 6.86. The van der Waals surface area contributed by atoms with Gasteiger partial charge in [-0.2, -0.15) is 21.9 Å². The summed E-state index contributed by atoms with van der Waals surface area (Å²) in [5, 5.41) is 31.0. The average Bonchev–Trinajstić information content (AvgIpc) is 3.03. The summed E-state index contributed by atoms with van der Waals surface area (Å²) in [7, 11) is -6.84. The number of aryl methyl sites for hydroxylation is 1. The Morgan fingerprint density at radius 2 is 1.34 bits per heavy atom. The van der Waals surface area contributed by atoms with Crippen molar-refractivity contribution in [3.8, 4) is 17.2 Å². The summed E-state index contributed by atoms with van der Waals surface area (Å²) in [6, 6.07) is 22.1. The molecule has 0 aliphatic heterocycles. The van der Waals surface area contributed by atoms with Crippen molar-refractivity contribution in [3.63, 3.8) is 0 Å². The number of fused-ring (bicyclic) bond motifs is 1. The van der Waals surface area contributed by atoms with Gasteiger partial charge in [0.15, 0.2) is 5.75 Å². The first-order valence-electron chi connectivity index (χ1n) is 13.6. The number of anilines is 2. The Morgan fingerprint density at radius 1 is 0.660 bits per heavy atom. The van der Waals surface area contributed by atoms with E-state index in [4.69, 9.17) is 9.47 Å². The van der Waals surface area contributed by atoms with E-state index in [1.54, 1.807) is 25.1 Å². The first kappa shape index (κ1) is 33.0. The summed E-state index contributed by atoms with van der Waals surface area (Å²) in [6.45, 7) is 1.64. The number of phenolic OH excluding ortho intramolecular Hbond substituents is 1. The number of para-hydroxylation sites is 1. The van der Waals surface area contributed by atoms with Crippen molar-refractivity contribution in [1.29, 1.82) is 0 Å². The van der Waals surface area contributed by atoms with E-state index in [0.717, 1.165) is 11.8 Å². The van der Waals surface area contributed by atoms with Gasteiger partial charge in [0.2, 0.25) is 0 Å². The number of phenols is 1.